The molecule has 1 aromatic heterocycles. The molecule has 1 aromatic carbocycles. The molecular weight excluding hydrogens is 254 g/mol. The van der Waals surface area contributed by atoms with Crippen LogP contribution in [-0.2, 0) is 4.79 Å². The lowest BCUT2D eigenvalue weighted by Crippen LogP contribution is -2.34. The highest BCUT2D eigenvalue weighted by molar-refractivity contribution is 5.94. The number of carbonyl (C=O) groups is 1. The molecule has 106 valence electrons. The number of rotatable bonds is 2. The van der Waals surface area contributed by atoms with Crippen molar-refractivity contribution in [1.82, 2.24) is 4.98 Å². The van der Waals surface area contributed by atoms with Gasteiger partial charge in [-0.25, -0.2) is 4.98 Å². The minimum atomic E-state index is 0.0218. The number of hydrogen-bond donors (Lipinski definition) is 2. The predicted molar refractivity (Wildman–Crippen MR) is 77.3 cm³/mol. The van der Waals surface area contributed by atoms with E-state index >= 15 is 0 Å². The van der Waals surface area contributed by atoms with Crippen molar-refractivity contribution in [1.29, 1.82) is 0 Å². The van der Waals surface area contributed by atoms with Crippen molar-refractivity contribution in [2.24, 2.45) is 11.7 Å². The standard InChI is InChI=1S/C15H19N3O2/c1-9-17-13-8-12(5-6-14(13)20-9)18-15(19)10-3-2-4-11(16)7-10/h5-6,8,10-11H,2-4,7,16H2,1H3,(H,18,19). The lowest BCUT2D eigenvalue weighted by atomic mass is 9.85. The molecule has 5 nitrogen and oxygen atoms in total. The van der Waals surface area contributed by atoms with Gasteiger partial charge in [0.1, 0.15) is 5.52 Å². The van der Waals surface area contributed by atoms with Gasteiger partial charge in [-0.2, -0.15) is 0 Å². The van der Waals surface area contributed by atoms with Crippen LogP contribution < -0.4 is 11.1 Å². The molecule has 0 aliphatic heterocycles. The first-order valence-electron chi connectivity index (χ1n) is 7.05. The summed E-state index contributed by atoms with van der Waals surface area (Å²) < 4.78 is 5.42. The van der Waals surface area contributed by atoms with Gasteiger partial charge in [-0.05, 0) is 37.5 Å². The number of nitrogens with two attached hydrogens (primary N) is 1. The number of aromatic nitrogens is 1. The highest BCUT2D eigenvalue weighted by Crippen LogP contribution is 2.25. The van der Waals surface area contributed by atoms with E-state index in [1.165, 1.54) is 0 Å². The van der Waals surface area contributed by atoms with Crippen LogP contribution in [0.1, 0.15) is 31.6 Å². The molecule has 1 aliphatic carbocycles. The summed E-state index contributed by atoms with van der Waals surface area (Å²) in [5.74, 6) is 0.704. The summed E-state index contributed by atoms with van der Waals surface area (Å²) in [6.45, 7) is 1.81. The Bertz CT molecular complexity index is 635. The zero-order valence-corrected chi connectivity index (χ0v) is 11.6. The SMILES string of the molecule is Cc1nc2cc(NC(=O)C3CCCC(N)C3)ccc2o1. The van der Waals surface area contributed by atoms with Crippen molar-refractivity contribution in [2.75, 3.05) is 5.32 Å². The molecule has 3 rings (SSSR count). The van der Waals surface area contributed by atoms with Crippen LogP contribution >= 0.6 is 0 Å². The van der Waals surface area contributed by atoms with Gasteiger partial charge in [0.15, 0.2) is 11.5 Å². The van der Waals surface area contributed by atoms with E-state index in [4.69, 9.17) is 10.2 Å². The second kappa shape index (κ2) is 5.25. The van der Waals surface area contributed by atoms with Gasteiger partial charge in [-0.3, -0.25) is 4.79 Å². The molecule has 0 bridgehead atoms. The minimum Gasteiger partial charge on any atom is -0.441 e. The molecule has 1 amide bonds. The summed E-state index contributed by atoms with van der Waals surface area (Å²) in [6, 6.07) is 5.66. The summed E-state index contributed by atoms with van der Waals surface area (Å²) in [7, 11) is 0. The maximum atomic E-state index is 12.2. The zero-order valence-electron chi connectivity index (χ0n) is 11.6. The Hall–Kier alpha value is -1.88. The number of amides is 1. The van der Waals surface area contributed by atoms with Crippen molar-refractivity contribution < 1.29 is 9.21 Å². The Kier molecular flexibility index (Phi) is 3.44. The lowest BCUT2D eigenvalue weighted by molar-refractivity contribution is -0.120. The van der Waals surface area contributed by atoms with Crippen LogP contribution in [0.15, 0.2) is 22.6 Å². The fourth-order valence-electron chi connectivity index (χ4n) is 2.83. The van der Waals surface area contributed by atoms with Crippen molar-refractivity contribution >= 4 is 22.7 Å². The summed E-state index contributed by atoms with van der Waals surface area (Å²) in [5.41, 5.74) is 8.19. The fourth-order valence-corrected chi connectivity index (χ4v) is 2.83. The van der Waals surface area contributed by atoms with E-state index in [0.29, 0.717) is 5.89 Å². The largest absolute Gasteiger partial charge is 0.441 e. The molecule has 20 heavy (non-hydrogen) atoms. The summed E-state index contributed by atoms with van der Waals surface area (Å²) >= 11 is 0. The van der Waals surface area contributed by atoms with Crippen LogP contribution in [0.2, 0.25) is 0 Å². The van der Waals surface area contributed by atoms with Gasteiger partial charge in [-0.15, -0.1) is 0 Å². The number of oxazole rings is 1. The number of hydrogen-bond acceptors (Lipinski definition) is 4. The van der Waals surface area contributed by atoms with Crippen LogP contribution in [0.4, 0.5) is 5.69 Å². The number of carbonyl (C=O) groups excluding carboxylic acids is 1. The van der Waals surface area contributed by atoms with Crippen molar-refractivity contribution in [3.05, 3.63) is 24.1 Å². The van der Waals surface area contributed by atoms with Gasteiger partial charge in [0, 0.05) is 24.6 Å². The normalized spacial score (nSPS) is 22.9. The highest BCUT2D eigenvalue weighted by atomic mass is 16.3. The third-order valence-electron chi connectivity index (χ3n) is 3.85. The molecular formula is C15H19N3O2. The average molecular weight is 273 g/mol. The maximum Gasteiger partial charge on any atom is 0.227 e. The quantitative estimate of drug-likeness (QED) is 0.881. The van der Waals surface area contributed by atoms with E-state index in [1.54, 1.807) is 0 Å². The van der Waals surface area contributed by atoms with Crippen molar-refractivity contribution in [3.63, 3.8) is 0 Å². The third kappa shape index (κ3) is 2.67. The Labute approximate surface area is 117 Å². The Morgan fingerprint density at radius 2 is 2.30 bits per heavy atom. The number of nitrogens with one attached hydrogen (secondary N) is 1. The minimum absolute atomic E-state index is 0.0218. The van der Waals surface area contributed by atoms with E-state index in [9.17, 15) is 4.79 Å². The van der Waals surface area contributed by atoms with Gasteiger partial charge in [0.25, 0.3) is 0 Å². The fraction of sp³-hybridized carbons (Fsp3) is 0.467. The molecule has 0 spiro atoms. The first-order valence-corrected chi connectivity index (χ1v) is 7.05. The van der Waals surface area contributed by atoms with E-state index < -0.39 is 0 Å². The number of benzene rings is 1. The molecule has 2 aromatic rings. The van der Waals surface area contributed by atoms with Crippen molar-refractivity contribution in [2.45, 2.75) is 38.6 Å². The Balaban J connectivity index is 1.73. The van der Waals surface area contributed by atoms with E-state index in [0.717, 1.165) is 42.5 Å². The zero-order chi connectivity index (χ0) is 14.1. The van der Waals surface area contributed by atoms with Gasteiger partial charge in [0.2, 0.25) is 5.91 Å². The highest BCUT2D eigenvalue weighted by Gasteiger charge is 2.25. The van der Waals surface area contributed by atoms with Gasteiger partial charge >= 0.3 is 0 Å². The number of anilines is 1. The molecule has 0 radical (unpaired) electrons. The maximum absolute atomic E-state index is 12.2. The predicted octanol–water partition coefficient (Wildman–Crippen LogP) is 2.59. The van der Waals surface area contributed by atoms with Crippen LogP contribution in [0.25, 0.3) is 11.1 Å². The van der Waals surface area contributed by atoms with Crippen LogP contribution in [0, 0.1) is 12.8 Å². The second-order valence-electron chi connectivity index (χ2n) is 5.53. The molecule has 1 fully saturated rings. The molecule has 1 aliphatic rings. The molecule has 0 saturated heterocycles. The third-order valence-corrected chi connectivity index (χ3v) is 3.85. The first kappa shape index (κ1) is 13.1. The molecule has 1 saturated carbocycles. The molecule has 5 heteroatoms. The van der Waals surface area contributed by atoms with E-state index in [2.05, 4.69) is 10.3 Å². The van der Waals surface area contributed by atoms with E-state index in [-0.39, 0.29) is 17.9 Å². The average Bonchev–Trinajstić information content (AvgIpc) is 2.78. The summed E-state index contributed by atoms with van der Waals surface area (Å²) in [6.07, 6.45) is 3.75. The Morgan fingerprint density at radius 3 is 3.10 bits per heavy atom. The van der Waals surface area contributed by atoms with Gasteiger partial charge in [-0.1, -0.05) is 6.42 Å². The Morgan fingerprint density at radius 1 is 1.45 bits per heavy atom. The number of nitrogens with zero attached hydrogens (tertiary/aromatic N) is 1. The van der Waals surface area contributed by atoms with Gasteiger partial charge < -0.3 is 15.5 Å². The second-order valence-corrected chi connectivity index (χ2v) is 5.53. The topological polar surface area (TPSA) is 81.2 Å². The molecule has 2 atom stereocenters. The monoisotopic (exact) mass is 273 g/mol. The number of aryl methyl sites for hydroxylation is 1. The summed E-state index contributed by atoms with van der Waals surface area (Å²) in [5, 5.41) is 2.96. The van der Waals surface area contributed by atoms with Crippen molar-refractivity contribution in [3.8, 4) is 0 Å². The van der Waals surface area contributed by atoms with Crippen LogP contribution in [0.5, 0.6) is 0 Å². The van der Waals surface area contributed by atoms with Crippen LogP contribution in [-0.4, -0.2) is 16.9 Å². The first-order chi connectivity index (χ1) is 9.61. The lowest BCUT2D eigenvalue weighted by Gasteiger charge is -2.25. The molecule has 1 heterocycles. The van der Waals surface area contributed by atoms with E-state index in [1.807, 2.05) is 25.1 Å². The van der Waals surface area contributed by atoms with Crippen LogP contribution in [0.3, 0.4) is 0 Å². The van der Waals surface area contributed by atoms with Gasteiger partial charge in [0.05, 0.1) is 0 Å². The summed E-state index contributed by atoms with van der Waals surface area (Å²) in [4.78, 5) is 16.5. The molecule has 3 N–H and O–H groups in total. The molecule has 2 unspecified atom stereocenters. The number of fused-ring (bicyclic) bond motifs is 1. The smallest absolute Gasteiger partial charge is 0.227 e.